The fourth-order valence-corrected chi connectivity index (χ4v) is 2.67. The lowest BCUT2D eigenvalue weighted by Crippen LogP contribution is -2.44. The summed E-state index contributed by atoms with van der Waals surface area (Å²) in [4.78, 5) is 34.5. The zero-order chi connectivity index (χ0) is 17.0. The second-order valence-corrected chi connectivity index (χ2v) is 6.31. The number of amides is 1. The second kappa shape index (κ2) is 12.4. The van der Waals surface area contributed by atoms with Crippen LogP contribution in [0.5, 0.6) is 0 Å². The third-order valence-corrected chi connectivity index (χ3v) is 4.15. The van der Waals surface area contributed by atoms with Gasteiger partial charge in [-0.3, -0.25) is 9.59 Å². The van der Waals surface area contributed by atoms with Crippen molar-refractivity contribution in [3.63, 3.8) is 0 Å². The van der Waals surface area contributed by atoms with Crippen LogP contribution < -0.4 is 16.8 Å². The van der Waals surface area contributed by atoms with E-state index in [0.717, 1.165) is 18.2 Å². The molecule has 0 aliphatic rings. The maximum atomic E-state index is 12.2. The summed E-state index contributed by atoms with van der Waals surface area (Å²) in [6.07, 6.45) is 2.90. The van der Waals surface area contributed by atoms with E-state index < -0.39 is 17.9 Å². The molecule has 0 aliphatic carbocycles. The molecule has 0 rings (SSSR count). The van der Waals surface area contributed by atoms with Gasteiger partial charge < -0.3 is 21.9 Å². The quantitative estimate of drug-likeness (QED) is 0.378. The Morgan fingerprint density at radius 1 is 1.09 bits per heavy atom. The van der Waals surface area contributed by atoms with Crippen LogP contribution >= 0.6 is 11.8 Å². The van der Waals surface area contributed by atoms with Crippen LogP contribution in [0.15, 0.2) is 0 Å². The van der Waals surface area contributed by atoms with Crippen molar-refractivity contribution in [2.75, 3.05) is 18.8 Å². The van der Waals surface area contributed by atoms with E-state index in [-0.39, 0.29) is 11.0 Å². The number of carbonyl (C=O) groups excluding carboxylic acids is 2. The largest absolute Gasteiger partial charge is 0.480 e. The van der Waals surface area contributed by atoms with E-state index in [0.29, 0.717) is 44.5 Å². The summed E-state index contributed by atoms with van der Waals surface area (Å²) in [7, 11) is 0. The molecule has 22 heavy (non-hydrogen) atoms. The number of aliphatic carboxylic acids is 1. The smallest absolute Gasteiger partial charge is 0.326 e. The SMILES string of the molecule is CC(=O)SCC(CCCN)C(=O)N[C@@H](CCCCN)C(=O)O. The van der Waals surface area contributed by atoms with Crippen molar-refractivity contribution >= 4 is 28.8 Å². The average molecular weight is 333 g/mol. The Bertz CT molecular complexity index is 366. The second-order valence-electron chi connectivity index (χ2n) is 5.11. The molecule has 0 saturated carbocycles. The van der Waals surface area contributed by atoms with Gasteiger partial charge in [0.05, 0.1) is 0 Å². The zero-order valence-electron chi connectivity index (χ0n) is 13.0. The van der Waals surface area contributed by atoms with Gasteiger partial charge in [0.15, 0.2) is 5.12 Å². The zero-order valence-corrected chi connectivity index (χ0v) is 13.9. The third kappa shape index (κ3) is 9.75. The van der Waals surface area contributed by atoms with E-state index in [1.807, 2.05) is 0 Å². The predicted molar refractivity (Wildman–Crippen MR) is 87.4 cm³/mol. The maximum absolute atomic E-state index is 12.2. The lowest BCUT2D eigenvalue weighted by molar-refractivity contribution is -0.142. The highest BCUT2D eigenvalue weighted by atomic mass is 32.2. The van der Waals surface area contributed by atoms with Crippen LogP contribution in [0.3, 0.4) is 0 Å². The van der Waals surface area contributed by atoms with Crippen molar-refractivity contribution in [2.45, 2.75) is 45.1 Å². The Labute approximate surface area is 135 Å². The number of nitrogens with two attached hydrogens (primary N) is 2. The summed E-state index contributed by atoms with van der Waals surface area (Å²) < 4.78 is 0. The van der Waals surface area contributed by atoms with Crippen LogP contribution in [0.1, 0.15) is 39.0 Å². The number of nitrogens with one attached hydrogen (secondary N) is 1. The molecular weight excluding hydrogens is 306 g/mol. The summed E-state index contributed by atoms with van der Waals surface area (Å²) in [5.41, 5.74) is 10.8. The van der Waals surface area contributed by atoms with Crippen LogP contribution in [0.25, 0.3) is 0 Å². The molecule has 0 spiro atoms. The normalized spacial score (nSPS) is 13.4. The van der Waals surface area contributed by atoms with Crippen molar-refractivity contribution in [2.24, 2.45) is 17.4 Å². The van der Waals surface area contributed by atoms with Gasteiger partial charge >= 0.3 is 5.97 Å². The van der Waals surface area contributed by atoms with Crippen molar-refractivity contribution in [1.29, 1.82) is 0 Å². The third-order valence-electron chi connectivity index (χ3n) is 3.18. The summed E-state index contributed by atoms with van der Waals surface area (Å²) >= 11 is 1.07. The van der Waals surface area contributed by atoms with Crippen molar-refractivity contribution in [3.8, 4) is 0 Å². The molecule has 0 saturated heterocycles. The number of carboxylic acids is 1. The topological polar surface area (TPSA) is 136 Å². The van der Waals surface area contributed by atoms with Crippen LogP contribution in [-0.2, 0) is 14.4 Å². The maximum Gasteiger partial charge on any atom is 0.326 e. The van der Waals surface area contributed by atoms with Gasteiger partial charge in [-0.15, -0.1) is 0 Å². The molecule has 0 fully saturated rings. The predicted octanol–water partition coefficient (Wildman–Crippen LogP) is 0.320. The Hall–Kier alpha value is -1.12. The molecule has 2 atom stereocenters. The molecule has 0 aliphatic heterocycles. The minimum atomic E-state index is -1.05. The highest BCUT2D eigenvalue weighted by molar-refractivity contribution is 8.13. The van der Waals surface area contributed by atoms with Crippen LogP contribution in [-0.4, -0.2) is 47.0 Å². The summed E-state index contributed by atoms with van der Waals surface area (Å²) in [5, 5.41) is 11.7. The van der Waals surface area contributed by atoms with E-state index in [1.165, 1.54) is 6.92 Å². The van der Waals surface area contributed by atoms with E-state index in [4.69, 9.17) is 11.5 Å². The highest BCUT2D eigenvalue weighted by Crippen LogP contribution is 2.16. The lowest BCUT2D eigenvalue weighted by atomic mass is 10.0. The number of hydrogen-bond donors (Lipinski definition) is 4. The molecule has 1 unspecified atom stereocenters. The first-order valence-corrected chi connectivity index (χ1v) is 8.47. The summed E-state index contributed by atoms with van der Waals surface area (Å²) in [5.74, 6) is -1.45. The molecule has 1 amide bonds. The number of thioether (sulfide) groups is 1. The average Bonchev–Trinajstić information content (AvgIpc) is 2.45. The number of unbranched alkanes of at least 4 members (excludes halogenated alkanes) is 1. The Morgan fingerprint density at radius 3 is 2.23 bits per heavy atom. The molecule has 0 radical (unpaired) electrons. The molecule has 6 N–H and O–H groups in total. The molecule has 8 heteroatoms. The Kier molecular flexibility index (Phi) is 11.8. The van der Waals surface area contributed by atoms with Gasteiger partial charge in [-0.1, -0.05) is 11.8 Å². The molecule has 0 aromatic heterocycles. The Morgan fingerprint density at radius 2 is 1.73 bits per heavy atom. The van der Waals surface area contributed by atoms with E-state index in [9.17, 15) is 19.5 Å². The first kappa shape index (κ1) is 20.9. The number of carboxylic acid groups (broad SMARTS) is 1. The van der Waals surface area contributed by atoms with Crippen LogP contribution in [0, 0.1) is 5.92 Å². The fourth-order valence-electron chi connectivity index (χ4n) is 1.91. The van der Waals surface area contributed by atoms with Crippen molar-refractivity contribution < 1.29 is 19.5 Å². The van der Waals surface area contributed by atoms with Crippen LogP contribution in [0.4, 0.5) is 0 Å². The molecule has 0 heterocycles. The molecule has 128 valence electrons. The first-order chi connectivity index (χ1) is 10.4. The molecule has 0 aromatic rings. The van der Waals surface area contributed by atoms with E-state index in [1.54, 1.807) is 0 Å². The van der Waals surface area contributed by atoms with Gasteiger partial charge in [0.25, 0.3) is 0 Å². The van der Waals surface area contributed by atoms with Gasteiger partial charge in [-0.05, 0) is 45.2 Å². The van der Waals surface area contributed by atoms with Gasteiger partial charge in [0.1, 0.15) is 6.04 Å². The molecule has 0 bridgehead atoms. The van der Waals surface area contributed by atoms with Crippen molar-refractivity contribution in [3.05, 3.63) is 0 Å². The first-order valence-electron chi connectivity index (χ1n) is 7.49. The summed E-state index contributed by atoms with van der Waals surface area (Å²) in [6.45, 7) is 2.39. The van der Waals surface area contributed by atoms with Gasteiger partial charge in [-0.25, -0.2) is 4.79 Å². The van der Waals surface area contributed by atoms with Crippen LogP contribution in [0.2, 0.25) is 0 Å². The minimum Gasteiger partial charge on any atom is -0.480 e. The monoisotopic (exact) mass is 333 g/mol. The van der Waals surface area contributed by atoms with Gasteiger partial charge in [-0.2, -0.15) is 0 Å². The lowest BCUT2D eigenvalue weighted by Gasteiger charge is -2.20. The summed E-state index contributed by atoms with van der Waals surface area (Å²) in [6, 6.07) is -0.915. The van der Waals surface area contributed by atoms with Gasteiger partial charge in [0, 0.05) is 18.6 Å². The molecule has 7 nitrogen and oxygen atoms in total. The molecular formula is C14H27N3O4S. The highest BCUT2D eigenvalue weighted by Gasteiger charge is 2.25. The van der Waals surface area contributed by atoms with E-state index in [2.05, 4.69) is 5.32 Å². The molecule has 0 aromatic carbocycles. The van der Waals surface area contributed by atoms with Crippen molar-refractivity contribution in [1.82, 2.24) is 5.32 Å². The number of carbonyl (C=O) groups is 3. The minimum absolute atomic E-state index is 0.0664. The fraction of sp³-hybridized carbons (Fsp3) is 0.786. The van der Waals surface area contributed by atoms with Gasteiger partial charge in [0.2, 0.25) is 5.91 Å². The number of rotatable bonds is 12. The standard InChI is InChI=1S/C14H27N3O4S/c1-10(18)22-9-11(5-4-8-16)13(19)17-12(14(20)21)6-2-3-7-15/h11-12H,2-9,15-16H2,1H3,(H,17,19)(H,20,21)/t11?,12-/m0/s1. The Balaban J connectivity index is 4.57. The van der Waals surface area contributed by atoms with E-state index >= 15 is 0 Å². The number of hydrogen-bond acceptors (Lipinski definition) is 6.